The van der Waals surface area contributed by atoms with Crippen LogP contribution in [-0.4, -0.2) is 53.1 Å². The number of nitrogens with zero attached hydrogens (tertiary/aromatic N) is 1. The van der Waals surface area contributed by atoms with Gasteiger partial charge in [-0.05, 0) is 18.2 Å². The number of rotatable bonds is 3. The molecule has 0 bridgehead atoms. The van der Waals surface area contributed by atoms with E-state index in [0.29, 0.717) is 23.9 Å². The van der Waals surface area contributed by atoms with E-state index in [2.05, 4.69) is 7.05 Å². The van der Waals surface area contributed by atoms with Crippen LogP contribution in [0, 0.1) is 0 Å². The maximum Gasteiger partial charge on any atom is 0.247 e. The summed E-state index contributed by atoms with van der Waals surface area (Å²) >= 11 is 5.90. The number of nitrogens with one attached hydrogen (secondary N) is 1. The normalized spacial score (nSPS) is 18.5. The zero-order chi connectivity index (χ0) is 14.0. The number of likely N-dealkylation sites (N-methyl/N-ethyl adjacent to an activating group) is 1. The molecule has 1 aromatic rings. The van der Waals surface area contributed by atoms with Gasteiger partial charge >= 0.3 is 0 Å². The van der Waals surface area contributed by atoms with Crippen molar-refractivity contribution >= 4 is 21.6 Å². The van der Waals surface area contributed by atoms with Crippen LogP contribution in [0.1, 0.15) is 0 Å². The fourth-order valence-corrected chi connectivity index (χ4v) is 3.96. The maximum atomic E-state index is 12.6. The average Bonchev–Trinajstić information content (AvgIpc) is 2.39. The number of methoxy groups -OCH3 is 1. The van der Waals surface area contributed by atoms with Gasteiger partial charge in [-0.2, -0.15) is 4.31 Å². The lowest BCUT2D eigenvalue weighted by molar-refractivity contribution is -0.883. The van der Waals surface area contributed by atoms with E-state index in [4.69, 9.17) is 16.3 Å². The number of ether oxygens (including phenoxy) is 1. The number of sulfonamides is 1. The molecule has 1 aliphatic rings. The highest BCUT2D eigenvalue weighted by molar-refractivity contribution is 7.89. The zero-order valence-electron chi connectivity index (χ0n) is 11.0. The number of halogens is 1. The van der Waals surface area contributed by atoms with Crippen LogP contribution in [0.25, 0.3) is 0 Å². The molecule has 0 aromatic heterocycles. The van der Waals surface area contributed by atoms with E-state index in [-0.39, 0.29) is 4.90 Å². The Bertz CT molecular complexity index is 554. The van der Waals surface area contributed by atoms with Crippen molar-refractivity contribution in [2.75, 3.05) is 40.3 Å². The highest BCUT2D eigenvalue weighted by atomic mass is 35.5. The van der Waals surface area contributed by atoms with Crippen molar-refractivity contribution in [3.8, 4) is 5.75 Å². The Morgan fingerprint density at radius 1 is 1.32 bits per heavy atom. The van der Waals surface area contributed by atoms with E-state index >= 15 is 0 Å². The fraction of sp³-hybridized carbons (Fsp3) is 0.500. The van der Waals surface area contributed by atoms with E-state index in [1.54, 1.807) is 12.1 Å². The number of hydrogen-bond acceptors (Lipinski definition) is 3. The standard InChI is InChI=1S/C12H17ClN2O3S/c1-14-5-7-15(8-6-14)19(16,17)12-9-10(13)3-4-11(12)18-2/h3-4,9H,5-8H2,1-2H3/p+1. The van der Waals surface area contributed by atoms with Crippen LogP contribution >= 0.6 is 11.6 Å². The summed E-state index contributed by atoms with van der Waals surface area (Å²) in [5.41, 5.74) is 0. The largest absolute Gasteiger partial charge is 0.495 e. The molecular weight excluding hydrogens is 288 g/mol. The number of piperazine rings is 1. The van der Waals surface area contributed by atoms with Crippen LogP contribution in [-0.2, 0) is 10.0 Å². The second-order valence-corrected chi connectivity index (χ2v) is 7.00. The smallest absolute Gasteiger partial charge is 0.247 e. The van der Waals surface area contributed by atoms with Crippen molar-refractivity contribution in [1.82, 2.24) is 4.31 Å². The maximum absolute atomic E-state index is 12.6. The van der Waals surface area contributed by atoms with Gasteiger partial charge in [0.15, 0.2) is 0 Å². The molecule has 1 aliphatic heterocycles. The molecule has 1 heterocycles. The van der Waals surface area contributed by atoms with Gasteiger partial charge in [-0.25, -0.2) is 8.42 Å². The van der Waals surface area contributed by atoms with Crippen LogP contribution < -0.4 is 9.64 Å². The summed E-state index contributed by atoms with van der Waals surface area (Å²) in [5.74, 6) is 0.329. The average molecular weight is 306 g/mol. The van der Waals surface area contributed by atoms with Gasteiger partial charge in [0.05, 0.1) is 40.3 Å². The molecule has 19 heavy (non-hydrogen) atoms. The topological polar surface area (TPSA) is 51.1 Å². The molecular formula is C12H18ClN2O3S+. The highest BCUT2D eigenvalue weighted by Crippen LogP contribution is 2.29. The van der Waals surface area contributed by atoms with Crippen LogP contribution in [0.15, 0.2) is 23.1 Å². The van der Waals surface area contributed by atoms with Crippen molar-refractivity contribution in [1.29, 1.82) is 0 Å². The lowest BCUT2D eigenvalue weighted by Crippen LogP contribution is -3.12. The Morgan fingerprint density at radius 3 is 2.53 bits per heavy atom. The fourth-order valence-electron chi connectivity index (χ4n) is 2.10. The number of benzene rings is 1. The van der Waals surface area contributed by atoms with Gasteiger partial charge in [-0.3, -0.25) is 0 Å². The van der Waals surface area contributed by atoms with Gasteiger partial charge < -0.3 is 9.64 Å². The molecule has 1 aromatic carbocycles. The van der Waals surface area contributed by atoms with Gasteiger partial charge in [0.1, 0.15) is 10.6 Å². The zero-order valence-corrected chi connectivity index (χ0v) is 12.6. The van der Waals surface area contributed by atoms with Crippen molar-refractivity contribution < 1.29 is 18.1 Å². The van der Waals surface area contributed by atoms with Crippen LogP contribution in [0.4, 0.5) is 0 Å². The second kappa shape index (κ2) is 5.66. The number of hydrogen-bond donors (Lipinski definition) is 1. The molecule has 0 aliphatic carbocycles. The molecule has 0 unspecified atom stereocenters. The SMILES string of the molecule is COc1ccc(Cl)cc1S(=O)(=O)N1CC[NH+](C)CC1. The van der Waals surface area contributed by atoms with Crippen molar-refractivity contribution in [3.63, 3.8) is 0 Å². The van der Waals surface area contributed by atoms with Crippen LogP contribution in [0.3, 0.4) is 0 Å². The molecule has 2 rings (SSSR count). The molecule has 7 heteroatoms. The lowest BCUT2D eigenvalue weighted by atomic mass is 10.3. The minimum absolute atomic E-state index is 0.141. The van der Waals surface area contributed by atoms with Crippen molar-refractivity contribution in [3.05, 3.63) is 23.2 Å². The molecule has 0 saturated carbocycles. The monoisotopic (exact) mass is 305 g/mol. The van der Waals surface area contributed by atoms with E-state index in [1.807, 2.05) is 0 Å². The minimum atomic E-state index is -3.54. The third-order valence-electron chi connectivity index (χ3n) is 3.32. The first kappa shape index (κ1) is 14.6. The Morgan fingerprint density at radius 2 is 1.95 bits per heavy atom. The first-order valence-corrected chi connectivity index (χ1v) is 7.92. The van der Waals surface area contributed by atoms with E-state index in [0.717, 1.165) is 13.1 Å². The Hall–Kier alpha value is -0.820. The minimum Gasteiger partial charge on any atom is -0.495 e. The van der Waals surface area contributed by atoms with Gasteiger partial charge in [-0.1, -0.05) is 11.6 Å². The molecule has 5 nitrogen and oxygen atoms in total. The van der Waals surface area contributed by atoms with E-state index < -0.39 is 10.0 Å². The van der Waals surface area contributed by atoms with E-state index in [9.17, 15) is 8.42 Å². The summed E-state index contributed by atoms with van der Waals surface area (Å²) in [6, 6.07) is 4.64. The summed E-state index contributed by atoms with van der Waals surface area (Å²) in [4.78, 5) is 1.48. The molecule has 1 saturated heterocycles. The third kappa shape index (κ3) is 3.02. The molecule has 0 amide bonds. The van der Waals surface area contributed by atoms with Crippen molar-refractivity contribution in [2.45, 2.75) is 4.90 Å². The van der Waals surface area contributed by atoms with Gasteiger partial charge in [0.2, 0.25) is 10.0 Å². The van der Waals surface area contributed by atoms with Gasteiger partial charge in [-0.15, -0.1) is 0 Å². The summed E-state index contributed by atoms with van der Waals surface area (Å²) in [6.45, 7) is 2.65. The quantitative estimate of drug-likeness (QED) is 0.846. The third-order valence-corrected chi connectivity index (χ3v) is 5.47. The highest BCUT2D eigenvalue weighted by Gasteiger charge is 2.31. The van der Waals surface area contributed by atoms with Crippen LogP contribution in [0.5, 0.6) is 5.75 Å². The van der Waals surface area contributed by atoms with Crippen LogP contribution in [0.2, 0.25) is 5.02 Å². The predicted molar refractivity (Wildman–Crippen MR) is 73.4 cm³/mol. The predicted octanol–water partition coefficient (Wildman–Crippen LogP) is -0.132. The summed E-state index contributed by atoms with van der Waals surface area (Å²) < 4.78 is 31.8. The second-order valence-electron chi connectivity index (χ2n) is 4.66. The lowest BCUT2D eigenvalue weighted by Gasteiger charge is -2.29. The van der Waals surface area contributed by atoms with E-state index in [1.165, 1.54) is 22.4 Å². The van der Waals surface area contributed by atoms with Gasteiger partial charge in [0.25, 0.3) is 0 Å². The van der Waals surface area contributed by atoms with Crippen molar-refractivity contribution in [2.24, 2.45) is 0 Å². The molecule has 0 radical (unpaired) electrons. The molecule has 1 N–H and O–H groups in total. The summed E-state index contributed by atoms with van der Waals surface area (Å²) in [7, 11) is -0.0260. The Balaban J connectivity index is 2.36. The summed E-state index contributed by atoms with van der Waals surface area (Å²) in [5, 5.41) is 0.388. The first-order chi connectivity index (χ1) is 8.95. The Labute approximate surface area is 118 Å². The summed E-state index contributed by atoms with van der Waals surface area (Å²) in [6.07, 6.45) is 0. The molecule has 0 spiro atoms. The van der Waals surface area contributed by atoms with Gasteiger partial charge in [0, 0.05) is 5.02 Å². The molecule has 0 atom stereocenters. The number of quaternary nitrogens is 1. The Kier molecular flexibility index (Phi) is 4.35. The molecule has 106 valence electrons. The first-order valence-electron chi connectivity index (χ1n) is 6.10. The molecule has 1 fully saturated rings.